The summed E-state index contributed by atoms with van der Waals surface area (Å²) in [7, 11) is -0.820. The van der Waals surface area contributed by atoms with Crippen LogP contribution >= 0.6 is 0 Å². The molecule has 0 aliphatic carbocycles. The van der Waals surface area contributed by atoms with Crippen LogP contribution < -0.4 is 4.74 Å². The van der Waals surface area contributed by atoms with Gasteiger partial charge in [0, 0.05) is 45.8 Å². The molecule has 2 aliphatic heterocycles. The highest BCUT2D eigenvalue weighted by Crippen LogP contribution is 2.40. The van der Waals surface area contributed by atoms with E-state index in [4.69, 9.17) is 9.47 Å². The van der Waals surface area contributed by atoms with Crippen molar-refractivity contribution in [2.75, 3.05) is 53.5 Å². The standard InChI is InChI=1S/C33H37N3O7S/c1-34(2)44(40,41)28-15-11-26(12-16-28)31(37)29-30(25-9-13-27(14-10-25)43-23-24-7-4-3-5-8-24)36(33(39)32(29)38)18-6-17-35-19-21-42-22-20-35/h3-5,7-16,30,37H,6,17-23H2,1-2H3/t30-/m0/s1. The summed E-state index contributed by atoms with van der Waals surface area (Å²) in [6, 6.07) is 21.7. The van der Waals surface area contributed by atoms with Crippen LogP contribution in [0.1, 0.15) is 29.2 Å². The van der Waals surface area contributed by atoms with Gasteiger partial charge in [-0.05, 0) is 53.9 Å². The molecular formula is C33H37N3O7S. The zero-order chi connectivity index (χ0) is 31.3. The number of benzene rings is 3. The number of aliphatic hydroxyl groups is 1. The van der Waals surface area contributed by atoms with Crippen LogP contribution in [0, 0.1) is 0 Å². The Morgan fingerprint density at radius 2 is 1.59 bits per heavy atom. The zero-order valence-corrected chi connectivity index (χ0v) is 25.7. The van der Waals surface area contributed by atoms with Gasteiger partial charge in [0.15, 0.2) is 0 Å². The molecule has 0 spiro atoms. The number of ketones is 1. The van der Waals surface area contributed by atoms with Gasteiger partial charge in [-0.2, -0.15) is 0 Å². The highest BCUT2D eigenvalue weighted by Gasteiger charge is 2.45. The van der Waals surface area contributed by atoms with Crippen molar-refractivity contribution in [3.05, 3.63) is 101 Å². The molecule has 44 heavy (non-hydrogen) atoms. The van der Waals surface area contributed by atoms with Crippen molar-refractivity contribution in [3.8, 4) is 5.75 Å². The minimum atomic E-state index is -3.68. The first-order chi connectivity index (χ1) is 21.2. The summed E-state index contributed by atoms with van der Waals surface area (Å²) in [4.78, 5) is 30.7. The molecule has 0 radical (unpaired) electrons. The van der Waals surface area contributed by atoms with Crippen LogP contribution in [-0.4, -0.2) is 92.8 Å². The Kier molecular flexibility index (Phi) is 9.80. The molecule has 0 unspecified atom stereocenters. The maximum Gasteiger partial charge on any atom is 0.295 e. The second kappa shape index (κ2) is 13.7. The van der Waals surface area contributed by atoms with Gasteiger partial charge in [0.05, 0.1) is 29.7 Å². The number of nitrogens with zero attached hydrogens (tertiary/aromatic N) is 3. The number of carbonyl (C=O) groups excluding carboxylic acids is 2. The van der Waals surface area contributed by atoms with E-state index < -0.39 is 27.8 Å². The molecule has 1 N–H and O–H groups in total. The predicted molar refractivity (Wildman–Crippen MR) is 165 cm³/mol. The number of aliphatic hydroxyl groups excluding tert-OH is 1. The molecule has 2 heterocycles. The van der Waals surface area contributed by atoms with Crippen LogP contribution in [0.25, 0.3) is 5.76 Å². The molecule has 1 atom stereocenters. The maximum absolute atomic E-state index is 13.5. The van der Waals surface area contributed by atoms with Gasteiger partial charge in [0.25, 0.3) is 11.7 Å². The average molecular weight is 620 g/mol. The predicted octanol–water partition coefficient (Wildman–Crippen LogP) is 3.66. The van der Waals surface area contributed by atoms with Gasteiger partial charge in [-0.25, -0.2) is 12.7 Å². The van der Waals surface area contributed by atoms with Gasteiger partial charge < -0.3 is 19.5 Å². The number of hydrogen-bond donors (Lipinski definition) is 1. The molecule has 2 saturated heterocycles. The second-order valence-corrected chi connectivity index (χ2v) is 13.1. The summed E-state index contributed by atoms with van der Waals surface area (Å²) in [5.74, 6) is -1.20. The quantitative estimate of drug-likeness (QED) is 0.196. The van der Waals surface area contributed by atoms with E-state index in [1.165, 1.54) is 43.3 Å². The van der Waals surface area contributed by atoms with Crippen molar-refractivity contribution < 1.29 is 32.6 Å². The van der Waals surface area contributed by atoms with E-state index in [0.29, 0.717) is 44.1 Å². The van der Waals surface area contributed by atoms with Gasteiger partial charge in [0.1, 0.15) is 18.1 Å². The first kappa shape index (κ1) is 31.4. The van der Waals surface area contributed by atoms with Gasteiger partial charge in [-0.3, -0.25) is 14.5 Å². The highest BCUT2D eigenvalue weighted by atomic mass is 32.2. The number of morpholine rings is 1. The van der Waals surface area contributed by atoms with Crippen LogP contribution in [0.2, 0.25) is 0 Å². The lowest BCUT2D eigenvalue weighted by Crippen LogP contribution is -2.38. The van der Waals surface area contributed by atoms with Crippen LogP contribution in [0.3, 0.4) is 0 Å². The summed E-state index contributed by atoms with van der Waals surface area (Å²) in [5.41, 5.74) is 1.87. The molecule has 3 aromatic carbocycles. The molecule has 0 saturated carbocycles. The second-order valence-electron chi connectivity index (χ2n) is 11.0. The molecule has 1 amide bonds. The van der Waals surface area contributed by atoms with E-state index in [9.17, 15) is 23.1 Å². The minimum absolute atomic E-state index is 0.0393. The Morgan fingerprint density at radius 1 is 0.932 bits per heavy atom. The molecule has 5 rings (SSSR count). The van der Waals surface area contributed by atoms with E-state index in [-0.39, 0.29) is 21.8 Å². The first-order valence-electron chi connectivity index (χ1n) is 14.5. The molecule has 0 aromatic heterocycles. The Morgan fingerprint density at radius 3 is 2.23 bits per heavy atom. The molecule has 2 fully saturated rings. The Hall–Kier alpha value is -4.03. The van der Waals surface area contributed by atoms with Crippen molar-refractivity contribution >= 4 is 27.5 Å². The van der Waals surface area contributed by atoms with Crippen LogP contribution in [0.4, 0.5) is 0 Å². The SMILES string of the molecule is CN(C)S(=O)(=O)c1ccc(C(O)=C2C(=O)C(=O)N(CCCN3CCOCC3)[C@H]2c2ccc(OCc3ccccc3)cc2)cc1. The molecule has 3 aromatic rings. The van der Waals surface area contributed by atoms with Gasteiger partial charge in [-0.1, -0.05) is 42.5 Å². The summed E-state index contributed by atoms with van der Waals surface area (Å²) < 4.78 is 37.5. The summed E-state index contributed by atoms with van der Waals surface area (Å²) in [5, 5.41) is 11.4. The number of likely N-dealkylation sites (tertiary alicyclic amines) is 1. The zero-order valence-electron chi connectivity index (χ0n) is 24.9. The smallest absolute Gasteiger partial charge is 0.295 e. The van der Waals surface area contributed by atoms with E-state index in [2.05, 4.69) is 4.90 Å². The number of sulfonamides is 1. The number of hydrogen-bond acceptors (Lipinski definition) is 8. The summed E-state index contributed by atoms with van der Waals surface area (Å²) >= 11 is 0. The third kappa shape index (κ3) is 6.86. The molecule has 11 heteroatoms. The summed E-state index contributed by atoms with van der Waals surface area (Å²) in [6.45, 7) is 4.40. The third-order valence-electron chi connectivity index (χ3n) is 7.87. The van der Waals surface area contributed by atoms with Crippen molar-refractivity contribution in [1.29, 1.82) is 0 Å². The lowest BCUT2D eigenvalue weighted by molar-refractivity contribution is -0.140. The van der Waals surface area contributed by atoms with E-state index in [1.807, 2.05) is 30.3 Å². The molecule has 0 bridgehead atoms. The van der Waals surface area contributed by atoms with Gasteiger partial charge >= 0.3 is 0 Å². The van der Waals surface area contributed by atoms with E-state index in [0.717, 1.165) is 29.5 Å². The largest absolute Gasteiger partial charge is 0.507 e. The number of Topliss-reactive ketones (excluding diaryl/α,β-unsaturated/α-hetero) is 1. The summed E-state index contributed by atoms with van der Waals surface area (Å²) in [6.07, 6.45) is 0.638. The van der Waals surface area contributed by atoms with E-state index in [1.54, 1.807) is 24.3 Å². The fourth-order valence-corrected chi connectivity index (χ4v) is 6.29. The first-order valence-corrected chi connectivity index (χ1v) is 16.0. The Bertz CT molecular complexity index is 1600. The lowest BCUT2D eigenvalue weighted by Gasteiger charge is -2.29. The fourth-order valence-electron chi connectivity index (χ4n) is 5.38. The monoisotopic (exact) mass is 619 g/mol. The molecular weight excluding hydrogens is 582 g/mol. The lowest BCUT2D eigenvalue weighted by atomic mass is 9.95. The van der Waals surface area contributed by atoms with Crippen molar-refractivity contribution in [2.24, 2.45) is 0 Å². The topological polar surface area (TPSA) is 117 Å². The van der Waals surface area contributed by atoms with Gasteiger partial charge in [0.2, 0.25) is 10.0 Å². The van der Waals surface area contributed by atoms with Crippen molar-refractivity contribution in [1.82, 2.24) is 14.1 Å². The molecule has 232 valence electrons. The van der Waals surface area contributed by atoms with Crippen molar-refractivity contribution in [3.63, 3.8) is 0 Å². The van der Waals surface area contributed by atoms with Crippen LogP contribution in [0.15, 0.2) is 89.3 Å². The average Bonchev–Trinajstić information content (AvgIpc) is 3.29. The number of rotatable bonds is 11. The minimum Gasteiger partial charge on any atom is -0.507 e. The van der Waals surface area contributed by atoms with E-state index >= 15 is 0 Å². The third-order valence-corrected chi connectivity index (χ3v) is 9.70. The van der Waals surface area contributed by atoms with Crippen molar-refractivity contribution in [2.45, 2.75) is 24.0 Å². The highest BCUT2D eigenvalue weighted by molar-refractivity contribution is 7.89. The fraction of sp³-hybridized carbons (Fsp3) is 0.333. The number of ether oxygens (including phenoxy) is 2. The number of amides is 1. The van der Waals surface area contributed by atoms with Gasteiger partial charge in [-0.15, -0.1) is 0 Å². The van der Waals surface area contributed by atoms with Crippen LogP contribution in [-0.2, 0) is 31.0 Å². The Labute approximate surface area is 258 Å². The maximum atomic E-state index is 13.5. The molecule has 10 nitrogen and oxygen atoms in total. The Balaban J connectivity index is 1.44. The molecule has 2 aliphatic rings. The normalized spacial score (nSPS) is 19.1. The number of carbonyl (C=O) groups is 2. The van der Waals surface area contributed by atoms with Crippen LogP contribution in [0.5, 0.6) is 5.75 Å².